The third kappa shape index (κ3) is 4.34. The highest BCUT2D eigenvalue weighted by atomic mass is 35.5. The highest BCUT2D eigenvalue weighted by Crippen LogP contribution is 2.43. The minimum Gasteiger partial charge on any atom is -0.328 e. The molecule has 1 amide bonds. The Labute approximate surface area is 190 Å². The first kappa shape index (κ1) is 23.2. The van der Waals surface area contributed by atoms with Gasteiger partial charge in [-0.2, -0.15) is 13.2 Å². The number of benzene rings is 2. The molecular formula is C23H17ClF6N2O. The van der Waals surface area contributed by atoms with Gasteiger partial charge in [0.15, 0.2) is 0 Å². The van der Waals surface area contributed by atoms with E-state index in [1.165, 1.54) is 13.0 Å². The highest BCUT2D eigenvalue weighted by molar-refractivity contribution is 6.31. The Balaban J connectivity index is 1.98. The molecule has 1 aliphatic heterocycles. The molecule has 2 aromatic carbocycles. The van der Waals surface area contributed by atoms with Gasteiger partial charge in [-0.1, -0.05) is 48.0 Å². The number of nitrogens with zero attached hydrogens (tertiary/aromatic N) is 2. The van der Waals surface area contributed by atoms with Gasteiger partial charge in [-0.3, -0.25) is 4.79 Å². The van der Waals surface area contributed by atoms with Crippen LogP contribution < -0.4 is 0 Å². The molecule has 0 radical (unpaired) electrons. The van der Waals surface area contributed by atoms with E-state index in [0.717, 1.165) is 21.6 Å². The maximum atomic E-state index is 14.2. The van der Waals surface area contributed by atoms with E-state index in [0.29, 0.717) is 5.56 Å². The Morgan fingerprint density at radius 1 is 1.09 bits per heavy atom. The summed E-state index contributed by atoms with van der Waals surface area (Å²) in [5.41, 5.74) is -1.34. The van der Waals surface area contributed by atoms with Gasteiger partial charge in [0.25, 0.3) is 11.8 Å². The number of carbonyl (C=O) groups is 1. The fraction of sp³-hybridized carbons (Fsp3) is 0.261. The first-order chi connectivity index (χ1) is 15.4. The molecule has 0 aliphatic carbocycles. The number of rotatable bonds is 4. The van der Waals surface area contributed by atoms with E-state index in [2.05, 4.69) is 0 Å². The zero-order valence-electron chi connectivity index (χ0n) is 17.2. The summed E-state index contributed by atoms with van der Waals surface area (Å²) in [5.74, 6) is -4.85. The molecule has 0 N–H and O–H groups in total. The molecule has 3 aromatic rings. The number of aromatic nitrogens is 1. The molecule has 3 nitrogen and oxygen atoms in total. The minimum atomic E-state index is -4.85. The topological polar surface area (TPSA) is 25.2 Å². The molecule has 0 atom stereocenters. The number of hydrogen-bond acceptors (Lipinski definition) is 1. The van der Waals surface area contributed by atoms with Gasteiger partial charge in [0.1, 0.15) is 17.2 Å². The predicted molar refractivity (Wildman–Crippen MR) is 111 cm³/mol. The maximum absolute atomic E-state index is 14.2. The molecular weight excluding hydrogens is 470 g/mol. The summed E-state index contributed by atoms with van der Waals surface area (Å²) in [6, 6.07) is 11.5. The predicted octanol–water partition coefficient (Wildman–Crippen LogP) is 6.41. The van der Waals surface area contributed by atoms with E-state index in [4.69, 9.17) is 11.6 Å². The van der Waals surface area contributed by atoms with Crippen molar-refractivity contribution in [1.29, 1.82) is 0 Å². The molecule has 0 unspecified atom stereocenters. The molecule has 2 heterocycles. The van der Waals surface area contributed by atoms with Crippen LogP contribution in [0.25, 0.3) is 11.1 Å². The second kappa shape index (κ2) is 8.13. The number of halogens is 7. The van der Waals surface area contributed by atoms with Gasteiger partial charge in [0.05, 0.1) is 18.1 Å². The van der Waals surface area contributed by atoms with Gasteiger partial charge in [-0.15, -0.1) is 0 Å². The molecule has 10 heteroatoms. The lowest BCUT2D eigenvalue weighted by molar-refractivity contribution is -0.144. The van der Waals surface area contributed by atoms with Crippen molar-refractivity contribution in [2.75, 3.05) is 13.1 Å². The molecule has 0 bridgehead atoms. The summed E-state index contributed by atoms with van der Waals surface area (Å²) in [6.45, 7) is -0.923. The summed E-state index contributed by atoms with van der Waals surface area (Å²) >= 11 is 5.85. The maximum Gasteiger partial charge on any atom is 0.431 e. The van der Waals surface area contributed by atoms with Gasteiger partial charge in [0.2, 0.25) is 0 Å². The molecule has 174 valence electrons. The molecule has 1 saturated heterocycles. The molecule has 1 aromatic heterocycles. The third-order valence-electron chi connectivity index (χ3n) is 5.50. The van der Waals surface area contributed by atoms with Crippen LogP contribution in [0.15, 0.2) is 48.5 Å². The van der Waals surface area contributed by atoms with E-state index >= 15 is 0 Å². The van der Waals surface area contributed by atoms with E-state index in [1.807, 2.05) is 0 Å². The van der Waals surface area contributed by atoms with Gasteiger partial charge in [-0.05, 0) is 35.7 Å². The third-order valence-corrected chi connectivity index (χ3v) is 5.79. The molecule has 0 spiro atoms. The summed E-state index contributed by atoms with van der Waals surface area (Å²) in [5, 5.41) is -0.342. The smallest absolute Gasteiger partial charge is 0.328 e. The number of hydrogen-bond donors (Lipinski definition) is 0. The van der Waals surface area contributed by atoms with Crippen molar-refractivity contribution >= 4 is 17.5 Å². The number of alkyl halides is 5. The van der Waals surface area contributed by atoms with Gasteiger partial charge < -0.3 is 9.47 Å². The van der Waals surface area contributed by atoms with E-state index in [9.17, 15) is 31.1 Å². The van der Waals surface area contributed by atoms with Crippen LogP contribution in [0.3, 0.4) is 0 Å². The van der Waals surface area contributed by atoms with Crippen LogP contribution in [0.4, 0.5) is 26.3 Å². The van der Waals surface area contributed by atoms with Gasteiger partial charge in [-0.25, -0.2) is 13.2 Å². The molecule has 1 aliphatic rings. The summed E-state index contributed by atoms with van der Waals surface area (Å²) in [7, 11) is 0. The largest absolute Gasteiger partial charge is 0.431 e. The second-order valence-electron chi connectivity index (χ2n) is 7.91. The van der Waals surface area contributed by atoms with Crippen molar-refractivity contribution in [2.24, 2.45) is 0 Å². The van der Waals surface area contributed by atoms with Crippen LogP contribution in [0.2, 0.25) is 5.02 Å². The zero-order chi connectivity index (χ0) is 24.1. The minimum absolute atomic E-state index is 0.0758. The lowest BCUT2D eigenvalue weighted by Gasteiger charge is -2.39. The second-order valence-corrected chi connectivity index (χ2v) is 8.32. The normalized spacial score (nSPS) is 15.5. The Hall–Kier alpha value is -2.94. The average Bonchev–Trinajstić information content (AvgIpc) is 3.00. The molecule has 33 heavy (non-hydrogen) atoms. The zero-order valence-corrected chi connectivity index (χ0v) is 17.9. The molecule has 4 rings (SSSR count). The van der Waals surface area contributed by atoms with E-state index in [1.54, 1.807) is 30.3 Å². The quantitative estimate of drug-likeness (QED) is 0.391. The SMILES string of the molecule is Cc1c(-c2ccc(F)c(Cl)c2)c(C(=O)N2CC(F)(F)C2)n(Cc2ccccc2)c1C(F)(F)F. The average molecular weight is 487 g/mol. The number of amides is 1. The lowest BCUT2D eigenvalue weighted by atomic mass is 9.99. The molecule has 0 saturated carbocycles. The first-order valence-corrected chi connectivity index (χ1v) is 10.2. The van der Waals surface area contributed by atoms with E-state index in [-0.39, 0.29) is 28.3 Å². The Morgan fingerprint density at radius 3 is 2.27 bits per heavy atom. The number of carbonyl (C=O) groups excluding carboxylic acids is 1. The lowest BCUT2D eigenvalue weighted by Crippen LogP contribution is -2.58. The van der Waals surface area contributed by atoms with Crippen LogP contribution in [-0.4, -0.2) is 34.4 Å². The van der Waals surface area contributed by atoms with Crippen LogP contribution in [0.1, 0.15) is 27.3 Å². The van der Waals surface area contributed by atoms with Gasteiger partial charge >= 0.3 is 6.18 Å². The monoisotopic (exact) mass is 486 g/mol. The van der Waals surface area contributed by atoms with Crippen molar-refractivity contribution in [3.63, 3.8) is 0 Å². The summed E-state index contributed by atoms with van der Waals surface area (Å²) in [4.78, 5) is 14.1. The highest BCUT2D eigenvalue weighted by Gasteiger charge is 2.49. The fourth-order valence-corrected chi connectivity index (χ4v) is 4.25. The van der Waals surface area contributed by atoms with E-state index < -0.39 is 48.3 Å². The van der Waals surface area contributed by atoms with Crippen molar-refractivity contribution < 1.29 is 31.1 Å². The van der Waals surface area contributed by atoms with Gasteiger partial charge in [0, 0.05) is 12.1 Å². The Kier molecular flexibility index (Phi) is 5.72. The van der Waals surface area contributed by atoms with Crippen LogP contribution in [-0.2, 0) is 12.7 Å². The Morgan fingerprint density at radius 2 is 1.73 bits per heavy atom. The fourth-order valence-electron chi connectivity index (χ4n) is 4.07. The number of likely N-dealkylation sites (tertiary alicyclic amines) is 1. The van der Waals surface area contributed by atoms with Crippen LogP contribution in [0, 0.1) is 12.7 Å². The van der Waals surface area contributed by atoms with Crippen molar-refractivity contribution in [3.05, 3.63) is 81.9 Å². The van der Waals surface area contributed by atoms with Crippen LogP contribution in [0.5, 0.6) is 0 Å². The summed E-state index contributed by atoms with van der Waals surface area (Å²) < 4.78 is 84.1. The van der Waals surface area contributed by atoms with Crippen molar-refractivity contribution in [2.45, 2.75) is 25.6 Å². The standard InChI is InChI=1S/C23H17ClF6N2O/c1-13-18(15-7-8-17(25)16(24)9-15)19(21(33)31-11-22(26,27)12-31)32(20(13)23(28,29)30)10-14-5-3-2-4-6-14/h2-9H,10-12H2,1H3. The van der Waals surface area contributed by atoms with Crippen LogP contribution >= 0.6 is 11.6 Å². The van der Waals surface area contributed by atoms with Crippen molar-refractivity contribution in [1.82, 2.24) is 9.47 Å². The van der Waals surface area contributed by atoms with Crippen molar-refractivity contribution in [3.8, 4) is 11.1 Å². The molecule has 1 fully saturated rings. The summed E-state index contributed by atoms with van der Waals surface area (Å²) in [6.07, 6.45) is -4.85. The Bertz CT molecular complexity index is 1210. The first-order valence-electron chi connectivity index (χ1n) is 9.86.